The van der Waals surface area contributed by atoms with E-state index in [1.807, 2.05) is 26.0 Å². The Kier molecular flexibility index (Phi) is 4.52. The molecule has 0 atom stereocenters. The zero-order chi connectivity index (χ0) is 12.9. The number of aliphatic hydroxyl groups is 1. The molecule has 0 bridgehead atoms. The lowest BCUT2D eigenvalue weighted by Crippen LogP contribution is -2.29. The first-order valence-electron chi connectivity index (χ1n) is 5.80. The molecule has 0 spiro atoms. The van der Waals surface area contributed by atoms with E-state index in [0.29, 0.717) is 24.9 Å². The van der Waals surface area contributed by atoms with Crippen molar-refractivity contribution in [1.82, 2.24) is 0 Å². The Morgan fingerprint density at radius 3 is 2.18 bits per heavy atom. The number of nitrogens with one attached hydrogen (secondary N) is 1. The number of rotatable bonds is 5. The summed E-state index contributed by atoms with van der Waals surface area (Å²) in [6.45, 7) is 3.92. The number of benzene rings is 1. The molecule has 3 N–H and O–H groups in total. The van der Waals surface area contributed by atoms with Crippen LogP contribution in [0.5, 0.6) is 0 Å². The highest BCUT2D eigenvalue weighted by molar-refractivity contribution is 5.82. The third-order valence-corrected chi connectivity index (χ3v) is 3.05. The van der Waals surface area contributed by atoms with Gasteiger partial charge in [-0.05, 0) is 30.5 Å². The number of carboxylic acid groups (broad SMARTS) is 1. The largest absolute Gasteiger partial charge is 0.465 e. The summed E-state index contributed by atoms with van der Waals surface area (Å²) in [6.07, 6.45) is 0.932. The summed E-state index contributed by atoms with van der Waals surface area (Å²) in [7, 11) is 0. The molecule has 0 aliphatic heterocycles. The summed E-state index contributed by atoms with van der Waals surface area (Å²) in [4.78, 5) is 10.4. The van der Waals surface area contributed by atoms with Crippen LogP contribution in [0.4, 0.5) is 10.5 Å². The van der Waals surface area contributed by atoms with Crippen LogP contribution in [-0.4, -0.2) is 21.9 Å². The van der Waals surface area contributed by atoms with Gasteiger partial charge >= 0.3 is 6.09 Å². The van der Waals surface area contributed by atoms with Crippen molar-refractivity contribution in [2.24, 2.45) is 0 Å². The molecule has 1 aromatic rings. The molecular formula is C13H19NO3. The van der Waals surface area contributed by atoms with E-state index in [1.165, 1.54) is 0 Å². The second-order valence-electron chi connectivity index (χ2n) is 4.24. The Labute approximate surface area is 101 Å². The summed E-state index contributed by atoms with van der Waals surface area (Å²) in [6, 6.07) is 7.08. The molecule has 0 fully saturated rings. The van der Waals surface area contributed by atoms with E-state index in [-0.39, 0.29) is 0 Å². The Balaban J connectivity index is 2.71. The summed E-state index contributed by atoms with van der Waals surface area (Å²) >= 11 is 0. The van der Waals surface area contributed by atoms with E-state index in [9.17, 15) is 9.90 Å². The monoisotopic (exact) mass is 237 g/mol. The molecular weight excluding hydrogens is 218 g/mol. The van der Waals surface area contributed by atoms with Gasteiger partial charge in [0.15, 0.2) is 0 Å². The molecule has 4 heteroatoms. The second-order valence-corrected chi connectivity index (χ2v) is 4.24. The third-order valence-electron chi connectivity index (χ3n) is 3.05. The Bertz CT molecular complexity index is 369. The molecule has 94 valence electrons. The van der Waals surface area contributed by atoms with Crippen molar-refractivity contribution in [3.63, 3.8) is 0 Å². The average Bonchev–Trinajstić information content (AvgIpc) is 2.31. The summed E-state index contributed by atoms with van der Waals surface area (Å²) in [5, 5.41) is 21.0. The summed E-state index contributed by atoms with van der Waals surface area (Å²) in [5.41, 5.74) is 0.881. The zero-order valence-electron chi connectivity index (χ0n) is 10.2. The molecule has 0 aliphatic rings. The molecule has 1 amide bonds. The van der Waals surface area contributed by atoms with Gasteiger partial charge in [0, 0.05) is 12.1 Å². The van der Waals surface area contributed by atoms with Gasteiger partial charge in [-0.1, -0.05) is 26.0 Å². The van der Waals surface area contributed by atoms with Crippen LogP contribution in [-0.2, 0) is 6.42 Å². The fraction of sp³-hybridized carbons (Fsp3) is 0.462. The molecule has 0 aromatic heterocycles. The molecule has 4 nitrogen and oxygen atoms in total. The van der Waals surface area contributed by atoms with E-state index in [0.717, 1.165) is 5.56 Å². The van der Waals surface area contributed by atoms with Gasteiger partial charge in [0.2, 0.25) is 0 Å². The van der Waals surface area contributed by atoms with Gasteiger partial charge in [0.25, 0.3) is 0 Å². The summed E-state index contributed by atoms with van der Waals surface area (Å²) in [5.74, 6) is 0. The van der Waals surface area contributed by atoms with E-state index in [1.54, 1.807) is 12.1 Å². The summed E-state index contributed by atoms with van der Waals surface area (Å²) < 4.78 is 0. The smallest absolute Gasteiger partial charge is 0.409 e. The van der Waals surface area contributed by atoms with Crippen molar-refractivity contribution in [1.29, 1.82) is 0 Å². The van der Waals surface area contributed by atoms with Gasteiger partial charge in [0.1, 0.15) is 0 Å². The maximum absolute atomic E-state index is 10.4. The SMILES string of the molecule is CCC(O)(CC)Cc1ccc(NC(=O)O)cc1. The van der Waals surface area contributed by atoms with Gasteiger partial charge < -0.3 is 10.2 Å². The highest BCUT2D eigenvalue weighted by Gasteiger charge is 2.22. The zero-order valence-corrected chi connectivity index (χ0v) is 10.2. The predicted molar refractivity (Wildman–Crippen MR) is 67.3 cm³/mol. The van der Waals surface area contributed by atoms with Crippen molar-refractivity contribution in [3.05, 3.63) is 29.8 Å². The molecule has 0 radical (unpaired) electrons. The van der Waals surface area contributed by atoms with Crippen LogP contribution in [0.2, 0.25) is 0 Å². The van der Waals surface area contributed by atoms with Gasteiger partial charge in [-0.2, -0.15) is 0 Å². The molecule has 17 heavy (non-hydrogen) atoms. The lowest BCUT2D eigenvalue weighted by molar-refractivity contribution is 0.0326. The molecule has 1 aromatic carbocycles. The molecule has 0 unspecified atom stereocenters. The second kappa shape index (κ2) is 5.68. The Morgan fingerprint density at radius 2 is 1.76 bits per heavy atom. The van der Waals surface area contributed by atoms with Crippen LogP contribution < -0.4 is 5.32 Å². The minimum absolute atomic E-state index is 0.540. The third kappa shape index (κ3) is 4.07. The number of amides is 1. The van der Waals surface area contributed by atoms with Gasteiger partial charge in [-0.15, -0.1) is 0 Å². The first-order valence-corrected chi connectivity index (χ1v) is 5.80. The van der Waals surface area contributed by atoms with Crippen LogP contribution in [0.15, 0.2) is 24.3 Å². The molecule has 0 saturated carbocycles. The van der Waals surface area contributed by atoms with Crippen molar-refractivity contribution in [2.45, 2.75) is 38.7 Å². The highest BCUT2D eigenvalue weighted by Crippen LogP contribution is 2.21. The average molecular weight is 237 g/mol. The van der Waals surface area contributed by atoms with Crippen LogP contribution >= 0.6 is 0 Å². The number of anilines is 1. The predicted octanol–water partition coefficient (Wildman–Crippen LogP) is 2.87. The number of carbonyl (C=O) groups is 1. The molecule has 0 heterocycles. The lowest BCUT2D eigenvalue weighted by Gasteiger charge is -2.25. The minimum Gasteiger partial charge on any atom is -0.465 e. The maximum Gasteiger partial charge on any atom is 0.409 e. The van der Waals surface area contributed by atoms with Gasteiger partial charge in [-0.3, -0.25) is 5.32 Å². The van der Waals surface area contributed by atoms with E-state index in [4.69, 9.17) is 5.11 Å². The Morgan fingerprint density at radius 1 is 1.24 bits per heavy atom. The quantitative estimate of drug-likeness (QED) is 0.737. The minimum atomic E-state index is -1.07. The number of hydrogen-bond acceptors (Lipinski definition) is 2. The van der Waals surface area contributed by atoms with Crippen molar-refractivity contribution >= 4 is 11.8 Å². The fourth-order valence-electron chi connectivity index (χ4n) is 1.71. The van der Waals surface area contributed by atoms with E-state index < -0.39 is 11.7 Å². The van der Waals surface area contributed by atoms with Crippen molar-refractivity contribution < 1.29 is 15.0 Å². The Hall–Kier alpha value is -1.55. The standard InChI is InChI=1S/C13H19NO3/c1-3-13(17,4-2)9-10-5-7-11(8-6-10)14-12(15)16/h5-8,14,17H,3-4,9H2,1-2H3,(H,15,16). The molecule has 0 aliphatic carbocycles. The van der Waals surface area contributed by atoms with Crippen LogP contribution in [0.1, 0.15) is 32.3 Å². The molecule has 1 rings (SSSR count). The maximum atomic E-state index is 10.4. The van der Waals surface area contributed by atoms with Crippen LogP contribution in [0, 0.1) is 0 Å². The van der Waals surface area contributed by atoms with Crippen molar-refractivity contribution in [2.75, 3.05) is 5.32 Å². The first-order chi connectivity index (χ1) is 7.99. The van der Waals surface area contributed by atoms with Gasteiger partial charge in [0.05, 0.1) is 5.60 Å². The number of hydrogen-bond donors (Lipinski definition) is 3. The lowest BCUT2D eigenvalue weighted by atomic mass is 9.89. The van der Waals surface area contributed by atoms with E-state index in [2.05, 4.69) is 5.32 Å². The fourth-order valence-corrected chi connectivity index (χ4v) is 1.71. The van der Waals surface area contributed by atoms with E-state index >= 15 is 0 Å². The normalized spacial score (nSPS) is 11.2. The van der Waals surface area contributed by atoms with Crippen LogP contribution in [0.3, 0.4) is 0 Å². The van der Waals surface area contributed by atoms with Crippen molar-refractivity contribution in [3.8, 4) is 0 Å². The molecule has 0 saturated heterocycles. The first kappa shape index (κ1) is 13.5. The topological polar surface area (TPSA) is 69.6 Å². The highest BCUT2D eigenvalue weighted by atomic mass is 16.4. The van der Waals surface area contributed by atoms with Gasteiger partial charge in [-0.25, -0.2) is 4.79 Å². The van der Waals surface area contributed by atoms with Crippen LogP contribution in [0.25, 0.3) is 0 Å².